The van der Waals surface area contributed by atoms with Gasteiger partial charge in [-0.2, -0.15) is 5.10 Å². The van der Waals surface area contributed by atoms with Crippen molar-refractivity contribution < 1.29 is 4.79 Å². The van der Waals surface area contributed by atoms with E-state index in [-0.39, 0.29) is 11.3 Å². The van der Waals surface area contributed by atoms with Crippen molar-refractivity contribution in [3.63, 3.8) is 0 Å². The van der Waals surface area contributed by atoms with Crippen molar-refractivity contribution in [3.05, 3.63) is 72.1 Å². The number of likely N-dealkylation sites (tertiary alicyclic amines) is 1. The fourth-order valence-electron chi connectivity index (χ4n) is 5.85. The standard InChI is InChI=1S/C30H35N7O/c1-30(2)19-37(18-20-10-13-36(3)14-11-20)27-16-23(8-9-25(27)30)34-29(38)24-5-4-12-31-28(24)33-22-7-6-21-17-32-35-26(21)15-22/h4-9,12,15-17,20H,10-11,13-14,18-19H2,1-3H3,(H,31,33)(H,32,35)(H,34,38). The van der Waals surface area contributed by atoms with Gasteiger partial charge in [0.15, 0.2) is 0 Å². The van der Waals surface area contributed by atoms with Crippen molar-refractivity contribution in [1.29, 1.82) is 0 Å². The van der Waals surface area contributed by atoms with Crippen LogP contribution in [0.4, 0.5) is 22.9 Å². The largest absolute Gasteiger partial charge is 0.370 e. The molecule has 4 aromatic rings. The third-order valence-corrected chi connectivity index (χ3v) is 7.99. The van der Waals surface area contributed by atoms with Gasteiger partial charge in [-0.25, -0.2) is 4.98 Å². The molecule has 1 saturated heterocycles. The molecule has 6 rings (SSSR count). The molecule has 8 nitrogen and oxygen atoms in total. The number of carbonyl (C=O) groups excluding carboxylic acids is 1. The number of carbonyl (C=O) groups is 1. The molecule has 4 heterocycles. The van der Waals surface area contributed by atoms with E-state index in [1.807, 2.05) is 24.3 Å². The van der Waals surface area contributed by atoms with E-state index in [2.05, 4.69) is 68.6 Å². The number of benzene rings is 2. The van der Waals surface area contributed by atoms with Gasteiger partial charge in [0.1, 0.15) is 5.82 Å². The Morgan fingerprint density at radius 1 is 1.11 bits per heavy atom. The third kappa shape index (κ3) is 4.84. The van der Waals surface area contributed by atoms with Gasteiger partial charge in [-0.3, -0.25) is 9.89 Å². The summed E-state index contributed by atoms with van der Waals surface area (Å²) in [5.41, 5.74) is 5.71. The molecule has 8 heteroatoms. The van der Waals surface area contributed by atoms with Gasteiger partial charge in [-0.05, 0) is 86.9 Å². The van der Waals surface area contributed by atoms with Crippen LogP contribution in [-0.2, 0) is 5.41 Å². The first-order chi connectivity index (χ1) is 18.4. The number of pyridine rings is 1. The molecule has 2 aliphatic rings. The molecule has 0 saturated carbocycles. The Morgan fingerprint density at radius 3 is 2.76 bits per heavy atom. The first-order valence-corrected chi connectivity index (χ1v) is 13.4. The highest BCUT2D eigenvalue weighted by Gasteiger charge is 2.36. The number of amides is 1. The lowest BCUT2D eigenvalue weighted by molar-refractivity contribution is 0.102. The smallest absolute Gasteiger partial charge is 0.259 e. The first kappa shape index (κ1) is 24.4. The molecule has 2 aromatic carbocycles. The van der Waals surface area contributed by atoms with Gasteiger partial charge in [0.25, 0.3) is 5.91 Å². The molecule has 0 atom stereocenters. The Bertz CT molecular complexity index is 1470. The molecule has 0 spiro atoms. The van der Waals surface area contributed by atoms with Crippen molar-refractivity contribution in [2.75, 3.05) is 48.8 Å². The van der Waals surface area contributed by atoms with Gasteiger partial charge in [0.05, 0.1) is 17.3 Å². The van der Waals surface area contributed by atoms with Crippen LogP contribution in [-0.4, -0.2) is 59.2 Å². The van der Waals surface area contributed by atoms with Gasteiger partial charge in [0.2, 0.25) is 0 Å². The zero-order chi connectivity index (χ0) is 26.3. The lowest BCUT2D eigenvalue weighted by atomic mass is 9.87. The highest BCUT2D eigenvalue weighted by atomic mass is 16.1. The lowest BCUT2D eigenvalue weighted by Gasteiger charge is -2.33. The number of aromatic nitrogens is 3. The summed E-state index contributed by atoms with van der Waals surface area (Å²) in [6.45, 7) is 9.03. The number of anilines is 4. The predicted molar refractivity (Wildman–Crippen MR) is 153 cm³/mol. The normalized spacial score (nSPS) is 17.5. The van der Waals surface area contributed by atoms with E-state index in [1.165, 1.54) is 37.2 Å². The minimum Gasteiger partial charge on any atom is -0.370 e. The van der Waals surface area contributed by atoms with Crippen LogP contribution in [0.3, 0.4) is 0 Å². The summed E-state index contributed by atoms with van der Waals surface area (Å²) >= 11 is 0. The monoisotopic (exact) mass is 509 g/mol. The van der Waals surface area contributed by atoms with E-state index < -0.39 is 0 Å². The summed E-state index contributed by atoms with van der Waals surface area (Å²) in [5.74, 6) is 1.02. The molecule has 1 amide bonds. The topological polar surface area (TPSA) is 89.2 Å². The molecule has 196 valence electrons. The van der Waals surface area contributed by atoms with Crippen LogP contribution in [0.15, 0.2) is 60.9 Å². The van der Waals surface area contributed by atoms with Crippen LogP contribution in [0, 0.1) is 5.92 Å². The third-order valence-electron chi connectivity index (χ3n) is 7.99. The summed E-state index contributed by atoms with van der Waals surface area (Å²) in [6.07, 6.45) is 5.95. The minimum absolute atomic E-state index is 0.0829. The number of nitrogens with one attached hydrogen (secondary N) is 3. The number of nitrogens with zero attached hydrogens (tertiary/aromatic N) is 4. The molecule has 2 aliphatic heterocycles. The summed E-state index contributed by atoms with van der Waals surface area (Å²) in [6, 6.07) is 15.8. The number of aromatic amines is 1. The number of hydrogen-bond acceptors (Lipinski definition) is 6. The Balaban J connectivity index is 1.21. The molecule has 38 heavy (non-hydrogen) atoms. The molecule has 0 radical (unpaired) electrons. The SMILES string of the molecule is CN1CCC(CN2CC(C)(C)c3ccc(NC(=O)c4cccnc4Nc4ccc5cn[nH]c5c4)cc32)CC1. The maximum absolute atomic E-state index is 13.4. The molecular weight excluding hydrogens is 474 g/mol. The fraction of sp³-hybridized carbons (Fsp3) is 0.367. The number of H-pyrrole nitrogens is 1. The quantitative estimate of drug-likeness (QED) is 0.323. The molecule has 0 aliphatic carbocycles. The van der Waals surface area contributed by atoms with E-state index in [4.69, 9.17) is 0 Å². The first-order valence-electron chi connectivity index (χ1n) is 13.4. The molecule has 0 bridgehead atoms. The van der Waals surface area contributed by atoms with Crippen molar-refractivity contribution in [2.45, 2.75) is 32.1 Å². The lowest BCUT2D eigenvalue weighted by Crippen LogP contribution is -2.38. The zero-order valence-corrected chi connectivity index (χ0v) is 22.3. The highest BCUT2D eigenvalue weighted by Crippen LogP contribution is 2.42. The maximum atomic E-state index is 13.4. The zero-order valence-electron chi connectivity index (χ0n) is 22.3. The van der Waals surface area contributed by atoms with Crippen LogP contribution in [0.1, 0.15) is 42.6 Å². The van der Waals surface area contributed by atoms with Gasteiger partial charge < -0.3 is 20.4 Å². The second-order valence-electron chi connectivity index (χ2n) is 11.4. The molecule has 0 unspecified atom stereocenters. The summed E-state index contributed by atoms with van der Waals surface area (Å²) < 4.78 is 0. The second-order valence-corrected chi connectivity index (χ2v) is 11.4. The second kappa shape index (κ2) is 9.76. The van der Waals surface area contributed by atoms with Crippen LogP contribution >= 0.6 is 0 Å². The average molecular weight is 510 g/mol. The van der Waals surface area contributed by atoms with E-state index in [0.29, 0.717) is 17.3 Å². The van der Waals surface area contributed by atoms with E-state index in [9.17, 15) is 4.79 Å². The van der Waals surface area contributed by atoms with Crippen molar-refractivity contribution >= 4 is 39.7 Å². The van der Waals surface area contributed by atoms with Gasteiger partial charge in [0, 0.05) is 47.1 Å². The molecule has 3 N–H and O–H groups in total. The van der Waals surface area contributed by atoms with Gasteiger partial charge >= 0.3 is 0 Å². The molecule has 2 aromatic heterocycles. The summed E-state index contributed by atoms with van der Waals surface area (Å²) in [4.78, 5) is 22.8. The Morgan fingerprint density at radius 2 is 1.92 bits per heavy atom. The van der Waals surface area contributed by atoms with Crippen molar-refractivity contribution in [3.8, 4) is 0 Å². The number of fused-ring (bicyclic) bond motifs is 2. The number of hydrogen-bond donors (Lipinski definition) is 3. The van der Waals surface area contributed by atoms with Crippen LogP contribution in [0.2, 0.25) is 0 Å². The van der Waals surface area contributed by atoms with Crippen molar-refractivity contribution in [2.24, 2.45) is 5.92 Å². The summed E-state index contributed by atoms with van der Waals surface area (Å²) in [7, 11) is 2.21. The Labute approximate surface area is 223 Å². The van der Waals surface area contributed by atoms with E-state index >= 15 is 0 Å². The average Bonchev–Trinajstić information content (AvgIpc) is 3.47. The summed E-state index contributed by atoms with van der Waals surface area (Å²) in [5, 5.41) is 14.5. The fourth-order valence-corrected chi connectivity index (χ4v) is 5.85. The van der Waals surface area contributed by atoms with Crippen LogP contribution in [0.5, 0.6) is 0 Å². The molecule has 1 fully saturated rings. The maximum Gasteiger partial charge on any atom is 0.259 e. The van der Waals surface area contributed by atoms with E-state index in [1.54, 1.807) is 24.5 Å². The van der Waals surface area contributed by atoms with Crippen LogP contribution in [0.25, 0.3) is 10.9 Å². The predicted octanol–water partition coefficient (Wildman–Crippen LogP) is 5.39. The Kier molecular flexibility index (Phi) is 6.27. The minimum atomic E-state index is -0.192. The Hall–Kier alpha value is -3.91. The van der Waals surface area contributed by atoms with E-state index in [0.717, 1.165) is 35.4 Å². The highest BCUT2D eigenvalue weighted by molar-refractivity contribution is 6.08. The van der Waals surface area contributed by atoms with Crippen LogP contribution < -0.4 is 15.5 Å². The van der Waals surface area contributed by atoms with Crippen molar-refractivity contribution in [1.82, 2.24) is 20.1 Å². The van der Waals surface area contributed by atoms with Gasteiger partial charge in [-0.15, -0.1) is 0 Å². The molecular formula is C30H35N7O. The number of rotatable bonds is 6. The number of piperidine rings is 1. The van der Waals surface area contributed by atoms with Gasteiger partial charge in [-0.1, -0.05) is 19.9 Å².